The molecular formula is C22H22F2N2O3S2. The molecule has 2 aromatic carbocycles. The van der Waals surface area contributed by atoms with Crippen molar-refractivity contribution < 1.29 is 21.9 Å². The molecule has 31 heavy (non-hydrogen) atoms. The van der Waals surface area contributed by atoms with Gasteiger partial charge in [0.1, 0.15) is 22.3 Å². The fourth-order valence-corrected chi connectivity index (χ4v) is 6.52. The van der Waals surface area contributed by atoms with E-state index < -0.39 is 31.6 Å². The number of sulfone groups is 1. The molecule has 1 aliphatic rings. The van der Waals surface area contributed by atoms with E-state index in [0.29, 0.717) is 32.4 Å². The summed E-state index contributed by atoms with van der Waals surface area (Å²) in [5, 5.41) is 2.00. The van der Waals surface area contributed by atoms with Crippen molar-refractivity contribution in [3.8, 4) is 5.75 Å². The Labute approximate surface area is 184 Å². The van der Waals surface area contributed by atoms with E-state index in [1.54, 1.807) is 7.11 Å². The van der Waals surface area contributed by atoms with Gasteiger partial charge >= 0.3 is 0 Å². The van der Waals surface area contributed by atoms with Crippen molar-refractivity contribution in [1.82, 2.24) is 4.98 Å². The number of anilines is 1. The maximum atomic E-state index is 14.0. The first-order valence-electron chi connectivity index (χ1n) is 9.88. The molecule has 3 aromatic rings. The minimum Gasteiger partial charge on any atom is -0.497 e. The lowest BCUT2D eigenvalue weighted by molar-refractivity contribution is 0.414. The number of methoxy groups -OCH3 is 1. The summed E-state index contributed by atoms with van der Waals surface area (Å²) in [4.78, 5) is 5.91. The van der Waals surface area contributed by atoms with Gasteiger partial charge in [0.2, 0.25) is 0 Å². The second-order valence-electron chi connectivity index (χ2n) is 7.43. The van der Waals surface area contributed by atoms with E-state index >= 15 is 0 Å². The third-order valence-electron chi connectivity index (χ3n) is 5.41. The smallest absolute Gasteiger partial charge is 0.187 e. The van der Waals surface area contributed by atoms with Crippen molar-refractivity contribution >= 4 is 26.3 Å². The Morgan fingerprint density at radius 1 is 1.13 bits per heavy atom. The van der Waals surface area contributed by atoms with Crippen molar-refractivity contribution in [1.29, 1.82) is 0 Å². The van der Waals surface area contributed by atoms with Gasteiger partial charge in [-0.2, -0.15) is 0 Å². The first-order chi connectivity index (χ1) is 14.9. The van der Waals surface area contributed by atoms with Crippen LogP contribution >= 0.6 is 11.3 Å². The Bertz CT molecular complexity index is 1150. The fourth-order valence-electron chi connectivity index (χ4n) is 3.79. The highest BCUT2D eigenvalue weighted by molar-refractivity contribution is 7.92. The van der Waals surface area contributed by atoms with Crippen LogP contribution in [0.5, 0.6) is 5.75 Å². The van der Waals surface area contributed by atoms with Crippen LogP contribution in [0, 0.1) is 11.6 Å². The van der Waals surface area contributed by atoms with E-state index in [0.717, 1.165) is 40.3 Å². The second kappa shape index (κ2) is 8.92. The fraction of sp³-hybridized carbons (Fsp3) is 0.318. The van der Waals surface area contributed by atoms with E-state index in [1.807, 2.05) is 34.5 Å². The Kier molecular flexibility index (Phi) is 6.24. The zero-order valence-electron chi connectivity index (χ0n) is 16.9. The normalized spacial score (nSPS) is 15.3. The molecule has 0 atom stereocenters. The summed E-state index contributed by atoms with van der Waals surface area (Å²) in [7, 11) is -2.45. The zero-order chi connectivity index (χ0) is 22.0. The number of hydrogen-bond donors (Lipinski definition) is 0. The highest BCUT2D eigenvalue weighted by atomic mass is 32.2. The van der Waals surface area contributed by atoms with Crippen molar-refractivity contribution in [2.45, 2.75) is 29.4 Å². The average molecular weight is 465 g/mol. The summed E-state index contributed by atoms with van der Waals surface area (Å²) in [6, 6.07) is 10.9. The van der Waals surface area contributed by atoms with Crippen molar-refractivity contribution in [3.63, 3.8) is 0 Å². The van der Waals surface area contributed by atoms with E-state index in [9.17, 15) is 17.2 Å². The number of aromatic nitrogens is 1. The lowest BCUT2D eigenvalue weighted by Crippen LogP contribution is -2.39. The predicted molar refractivity (Wildman–Crippen MR) is 117 cm³/mol. The minimum atomic E-state index is -4.08. The molecule has 1 aliphatic heterocycles. The molecule has 0 unspecified atom stereocenters. The van der Waals surface area contributed by atoms with Crippen LogP contribution < -0.4 is 9.64 Å². The standard InChI is InChI=1S/C22H22F2N2O3S2/c1-29-17-5-2-4-15(13-17)12-16-14-30-22(25-16)26-10-8-18(9-11-26)31(27,28)21-19(23)6-3-7-20(21)24/h2-7,13-14,18H,8-12H2,1H3. The number of halogens is 2. The van der Waals surface area contributed by atoms with Crippen LogP contribution in [0.1, 0.15) is 24.1 Å². The molecule has 0 aliphatic carbocycles. The highest BCUT2D eigenvalue weighted by Gasteiger charge is 2.35. The lowest BCUT2D eigenvalue weighted by Gasteiger charge is -2.31. The first kappa shape index (κ1) is 21.7. The molecule has 9 heteroatoms. The van der Waals surface area contributed by atoms with Crippen LogP contribution in [-0.2, 0) is 16.3 Å². The van der Waals surface area contributed by atoms with Gasteiger partial charge < -0.3 is 9.64 Å². The molecule has 0 bridgehead atoms. The summed E-state index contributed by atoms with van der Waals surface area (Å²) < 4.78 is 58.9. The molecule has 0 spiro atoms. The molecule has 0 N–H and O–H groups in total. The molecule has 1 aromatic heterocycles. The van der Waals surface area contributed by atoms with Gasteiger partial charge in [-0.05, 0) is 42.7 Å². The molecule has 1 fully saturated rings. The van der Waals surface area contributed by atoms with Crippen LogP contribution in [0.4, 0.5) is 13.9 Å². The van der Waals surface area contributed by atoms with E-state index in [-0.39, 0.29) is 0 Å². The predicted octanol–water partition coefficient (Wildman–Crippen LogP) is 4.46. The van der Waals surface area contributed by atoms with E-state index in [2.05, 4.69) is 0 Å². The number of hydrogen-bond acceptors (Lipinski definition) is 6. The van der Waals surface area contributed by atoms with Gasteiger partial charge in [0.25, 0.3) is 0 Å². The monoisotopic (exact) mass is 464 g/mol. The molecule has 4 rings (SSSR count). The Morgan fingerprint density at radius 3 is 2.48 bits per heavy atom. The number of ether oxygens (including phenoxy) is 1. The molecule has 1 saturated heterocycles. The molecule has 2 heterocycles. The van der Waals surface area contributed by atoms with E-state index in [4.69, 9.17) is 9.72 Å². The number of benzene rings is 2. The van der Waals surface area contributed by atoms with Gasteiger partial charge in [-0.15, -0.1) is 11.3 Å². The van der Waals surface area contributed by atoms with Gasteiger partial charge in [-0.1, -0.05) is 18.2 Å². The van der Waals surface area contributed by atoms with Crippen molar-refractivity contribution in [3.05, 3.63) is 70.7 Å². The SMILES string of the molecule is COc1cccc(Cc2csc(N3CCC(S(=O)(=O)c4c(F)cccc4F)CC3)n2)c1. The van der Waals surface area contributed by atoms with Crippen molar-refractivity contribution in [2.75, 3.05) is 25.1 Å². The summed E-state index contributed by atoms with van der Waals surface area (Å²) in [6.07, 6.45) is 1.26. The van der Waals surface area contributed by atoms with Gasteiger partial charge in [-0.3, -0.25) is 0 Å². The Hall–Kier alpha value is -2.52. The molecular weight excluding hydrogens is 442 g/mol. The molecule has 0 saturated carbocycles. The maximum Gasteiger partial charge on any atom is 0.187 e. The first-order valence-corrected chi connectivity index (χ1v) is 12.3. The van der Waals surface area contributed by atoms with Crippen LogP contribution in [0.25, 0.3) is 0 Å². The summed E-state index contributed by atoms with van der Waals surface area (Å²) in [5.74, 6) is -1.28. The molecule has 0 amide bonds. The average Bonchev–Trinajstić information content (AvgIpc) is 3.22. The lowest BCUT2D eigenvalue weighted by atomic mass is 10.1. The second-order valence-corrected chi connectivity index (χ2v) is 10.4. The number of piperidine rings is 1. The topological polar surface area (TPSA) is 59.5 Å². The summed E-state index contributed by atoms with van der Waals surface area (Å²) in [5.41, 5.74) is 2.02. The summed E-state index contributed by atoms with van der Waals surface area (Å²) >= 11 is 1.51. The Balaban J connectivity index is 1.42. The molecule has 5 nitrogen and oxygen atoms in total. The van der Waals surface area contributed by atoms with Gasteiger partial charge in [0, 0.05) is 24.9 Å². The van der Waals surface area contributed by atoms with Crippen LogP contribution in [-0.4, -0.2) is 38.9 Å². The molecule has 164 valence electrons. The van der Waals surface area contributed by atoms with Gasteiger partial charge in [0.15, 0.2) is 15.0 Å². The Morgan fingerprint density at radius 2 is 1.81 bits per heavy atom. The molecule has 0 radical (unpaired) electrons. The van der Waals surface area contributed by atoms with Crippen LogP contribution in [0.3, 0.4) is 0 Å². The van der Waals surface area contributed by atoms with Gasteiger partial charge in [-0.25, -0.2) is 22.2 Å². The third-order valence-corrected chi connectivity index (χ3v) is 8.67. The largest absolute Gasteiger partial charge is 0.497 e. The summed E-state index contributed by atoms with van der Waals surface area (Å²) in [6.45, 7) is 0.929. The van der Waals surface area contributed by atoms with E-state index in [1.165, 1.54) is 11.3 Å². The quantitative estimate of drug-likeness (QED) is 0.539. The minimum absolute atomic E-state index is 0.293. The maximum absolute atomic E-state index is 14.0. The van der Waals surface area contributed by atoms with Crippen LogP contribution in [0.2, 0.25) is 0 Å². The number of nitrogens with zero attached hydrogens (tertiary/aromatic N) is 2. The highest BCUT2D eigenvalue weighted by Crippen LogP contribution is 2.31. The number of thiazole rings is 1. The van der Waals surface area contributed by atoms with Crippen molar-refractivity contribution in [2.24, 2.45) is 0 Å². The number of rotatable bonds is 6. The van der Waals surface area contributed by atoms with Crippen LogP contribution in [0.15, 0.2) is 52.7 Å². The van der Waals surface area contributed by atoms with Gasteiger partial charge in [0.05, 0.1) is 18.1 Å². The third kappa shape index (κ3) is 4.57. The zero-order valence-corrected chi connectivity index (χ0v) is 18.6.